The first-order valence-corrected chi connectivity index (χ1v) is 8.41. The number of anilines is 1. The summed E-state index contributed by atoms with van der Waals surface area (Å²) >= 11 is 0. The summed E-state index contributed by atoms with van der Waals surface area (Å²) in [4.78, 5) is 14.5. The number of carbonyl (C=O) groups is 1. The molecule has 0 aromatic heterocycles. The van der Waals surface area contributed by atoms with E-state index in [0.29, 0.717) is 12.5 Å². The number of rotatable bonds is 6. The average molecular weight is 302 g/mol. The van der Waals surface area contributed by atoms with Gasteiger partial charge in [0, 0.05) is 31.8 Å². The summed E-state index contributed by atoms with van der Waals surface area (Å²) in [6.07, 6.45) is 6.51. The van der Waals surface area contributed by atoms with Crippen LogP contribution in [0.2, 0.25) is 0 Å². The van der Waals surface area contributed by atoms with Crippen molar-refractivity contribution in [2.45, 2.75) is 44.6 Å². The third-order valence-electron chi connectivity index (χ3n) is 4.87. The predicted molar refractivity (Wildman–Crippen MR) is 88.2 cm³/mol. The van der Waals surface area contributed by atoms with Gasteiger partial charge in [0.1, 0.15) is 0 Å². The second-order valence-electron chi connectivity index (χ2n) is 6.42. The molecule has 0 bridgehead atoms. The standard InChI is InChI=1S/C18H26N2O2/c1-22-13-17-6-3-10-20(17)11-9-18(21)19-16-8-7-14-4-2-5-15(14)12-16/h7-8,12,17H,2-6,9-11,13H2,1H3,(H,19,21)/t17-/m0/s1. The van der Waals surface area contributed by atoms with Gasteiger partial charge in [-0.15, -0.1) is 0 Å². The van der Waals surface area contributed by atoms with E-state index in [4.69, 9.17) is 4.74 Å². The highest BCUT2D eigenvalue weighted by atomic mass is 16.5. The molecule has 3 rings (SSSR count). The molecule has 1 saturated heterocycles. The fourth-order valence-electron chi connectivity index (χ4n) is 3.69. The number of methoxy groups -OCH3 is 1. The lowest BCUT2D eigenvalue weighted by Gasteiger charge is -2.23. The monoisotopic (exact) mass is 302 g/mol. The second kappa shape index (κ2) is 7.25. The van der Waals surface area contributed by atoms with E-state index in [1.807, 2.05) is 6.07 Å². The molecule has 4 heteroatoms. The lowest BCUT2D eigenvalue weighted by molar-refractivity contribution is -0.116. The van der Waals surface area contributed by atoms with Gasteiger partial charge in [0.05, 0.1) is 6.61 Å². The molecular weight excluding hydrogens is 276 g/mol. The molecule has 0 spiro atoms. The Bertz CT molecular complexity index is 530. The maximum absolute atomic E-state index is 12.2. The number of carbonyl (C=O) groups excluding carboxylic acids is 1. The molecule has 0 saturated carbocycles. The fourth-order valence-corrected chi connectivity index (χ4v) is 3.69. The smallest absolute Gasteiger partial charge is 0.225 e. The summed E-state index contributed by atoms with van der Waals surface area (Å²) < 4.78 is 5.26. The van der Waals surface area contributed by atoms with Crippen LogP contribution in [0, 0.1) is 0 Å². The molecule has 0 radical (unpaired) electrons. The lowest BCUT2D eigenvalue weighted by atomic mass is 10.1. The van der Waals surface area contributed by atoms with Crippen molar-refractivity contribution >= 4 is 11.6 Å². The summed E-state index contributed by atoms with van der Waals surface area (Å²) in [5.74, 6) is 0.112. The third kappa shape index (κ3) is 3.68. The van der Waals surface area contributed by atoms with Gasteiger partial charge in [-0.25, -0.2) is 0 Å². The van der Waals surface area contributed by atoms with E-state index in [1.165, 1.54) is 36.8 Å². The topological polar surface area (TPSA) is 41.6 Å². The quantitative estimate of drug-likeness (QED) is 0.878. The van der Waals surface area contributed by atoms with Gasteiger partial charge in [0.25, 0.3) is 0 Å². The number of benzene rings is 1. The van der Waals surface area contributed by atoms with Crippen LogP contribution in [-0.2, 0) is 22.4 Å². The Morgan fingerprint density at radius 1 is 1.32 bits per heavy atom. The Morgan fingerprint density at radius 2 is 2.18 bits per heavy atom. The number of nitrogens with one attached hydrogen (secondary N) is 1. The molecule has 1 aliphatic carbocycles. The molecule has 2 aliphatic rings. The van der Waals surface area contributed by atoms with Crippen LogP contribution in [0.3, 0.4) is 0 Å². The number of hydrogen-bond acceptors (Lipinski definition) is 3. The summed E-state index contributed by atoms with van der Waals surface area (Å²) in [6, 6.07) is 6.82. The number of hydrogen-bond donors (Lipinski definition) is 1. The van der Waals surface area contributed by atoms with E-state index in [0.717, 1.165) is 31.8 Å². The van der Waals surface area contributed by atoms with E-state index >= 15 is 0 Å². The van der Waals surface area contributed by atoms with Crippen LogP contribution < -0.4 is 5.32 Å². The van der Waals surface area contributed by atoms with Crippen LogP contribution in [0.1, 0.15) is 36.8 Å². The minimum absolute atomic E-state index is 0.112. The number of aryl methyl sites for hydroxylation is 2. The van der Waals surface area contributed by atoms with Crippen molar-refractivity contribution in [2.24, 2.45) is 0 Å². The van der Waals surface area contributed by atoms with Crippen molar-refractivity contribution < 1.29 is 9.53 Å². The van der Waals surface area contributed by atoms with E-state index in [2.05, 4.69) is 22.3 Å². The van der Waals surface area contributed by atoms with Gasteiger partial charge in [-0.3, -0.25) is 9.69 Å². The maximum Gasteiger partial charge on any atom is 0.225 e. The van der Waals surface area contributed by atoms with Gasteiger partial charge < -0.3 is 10.1 Å². The largest absolute Gasteiger partial charge is 0.383 e. The van der Waals surface area contributed by atoms with Crippen LogP contribution in [-0.4, -0.2) is 43.7 Å². The van der Waals surface area contributed by atoms with E-state index in [-0.39, 0.29) is 5.91 Å². The van der Waals surface area contributed by atoms with E-state index in [9.17, 15) is 4.79 Å². The van der Waals surface area contributed by atoms with Crippen molar-refractivity contribution in [3.05, 3.63) is 29.3 Å². The van der Waals surface area contributed by atoms with Gasteiger partial charge in [-0.1, -0.05) is 6.07 Å². The van der Waals surface area contributed by atoms with Crippen molar-refractivity contribution in [1.82, 2.24) is 4.90 Å². The van der Waals surface area contributed by atoms with Crippen molar-refractivity contribution in [3.8, 4) is 0 Å². The highest BCUT2D eigenvalue weighted by Crippen LogP contribution is 2.25. The summed E-state index contributed by atoms with van der Waals surface area (Å²) in [7, 11) is 1.75. The third-order valence-corrected chi connectivity index (χ3v) is 4.87. The van der Waals surface area contributed by atoms with Crippen molar-refractivity contribution in [1.29, 1.82) is 0 Å². The van der Waals surface area contributed by atoms with Crippen LogP contribution >= 0.6 is 0 Å². The molecule has 4 nitrogen and oxygen atoms in total. The van der Waals surface area contributed by atoms with Crippen molar-refractivity contribution in [2.75, 3.05) is 32.1 Å². The Labute approximate surface area is 132 Å². The second-order valence-corrected chi connectivity index (χ2v) is 6.42. The molecule has 1 N–H and O–H groups in total. The van der Waals surface area contributed by atoms with E-state index in [1.54, 1.807) is 7.11 Å². The summed E-state index contributed by atoms with van der Waals surface area (Å²) in [5, 5.41) is 3.05. The zero-order valence-corrected chi connectivity index (χ0v) is 13.4. The molecule has 1 aromatic rings. The van der Waals surface area contributed by atoms with Crippen LogP contribution in [0.4, 0.5) is 5.69 Å². The molecule has 1 aliphatic heterocycles. The van der Waals surface area contributed by atoms with Gasteiger partial charge >= 0.3 is 0 Å². The Balaban J connectivity index is 1.48. The summed E-state index contributed by atoms with van der Waals surface area (Å²) in [5.41, 5.74) is 3.79. The molecule has 1 amide bonds. The number of fused-ring (bicyclic) bond motifs is 1. The van der Waals surface area contributed by atoms with Gasteiger partial charge in [0.2, 0.25) is 5.91 Å². The zero-order chi connectivity index (χ0) is 15.4. The molecule has 1 aromatic carbocycles. The first-order valence-electron chi connectivity index (χ1n) is 8.41. The molecular formula is C18H26N2O2. The average Bonchev–Trinajstić information content (AvgIpc) is 3.14. The van der Waals surface area contributed by atoms with Crippen LogP contribution in [0.5, 0.6) is 0 Å². The normalized spacial score (nSPS) is 21.0. The minimum atomic E-state index is 0.112. The molecule has 120 valence electrons. The Morgan fingerprint density at radius 3 is 3.05 bits per heavy atom. The van der Waals surface area contributed by atoms with Gasteiger partial charge in [-0.05, 0) is 61.9 Å². The number of likely N-dealkylation sites (tertiary alicyclic amines) is 1. The van der Waals surface area contributed by atoms with E-state index < -0.39 is 0 Å². The van der Waals surface area contributed by atoms with Crippen LogP contribution in [0.15, 0.2) is 18.2 Å². The molecule has 1 fully saturated rings. The van der Waals surface area contributed by atoms with Gasteiger partial charge in [-0.2, -0.15) is 0 Å². The number of ether oxygens (including phenoxy) is 1. The first kappa shape index (κ1) is 15.5. The summed E-state index contributed by atoms with van der Waals surface area (Å²) in [6.45, 7) is 2.68. The number of amides is 1. The SMILES string of the molecule is COC[C@@H]1CCCN1CCC(=O)Nc1ccc2c(c1)CCC2. The minimum Gasteiger partial charge on any atom is -0.383 e. The molecule has 1 heterocycles. The highest BCUT2D eigenvalue weighted by Gasteiger charge is 2.24. The molecule has 0 unspecified atom stereocenters. The fraction of sp³-hybridized carbons (Fsp3) is 0.611. The highest BCUT2D eigenvalue weighted by molar-refractivity contribution is 5.91. The first-order chi connectivity index (χ1) is 10.8. The van der Waals surface area contributed by atoms with Crippen molar-refractivity contribution in [3.63, 3.8) is 0 Å². The Hall–Kier alpha value is -1.39. The van der Waals surface area contributed by atoms with Crippen LogP contribution in [0.25, 0.3) is 0 Å². The Kier molecular flexibility index (Phi) is 5.11. The zero-order valence-electron chi connectivity index (χ0n) is 13.4. The maximum atomic E-state index is 12.2. The molecule has 1 atom stereocenters. The molecule has 22 heavy (non-hydrogen) atoms. The lowest BCUT2D eigenvalue weighted by Crippen LogP contribution is -2.35. The number of nitrogens with zero attached hydrogens (tertiary/aromatic N) is 1. The van der Waals surface area contributed by atoms with Gasteiger partial charge in [0.15, 0.2) is 0 Å². The predicted octanol–water partition coefficient (Wildman–Crippen LogP) is 2.61.